The molecule has 1 N–H and O–H groups in total. The van der Waals surface area contributed by atoms with Gasteiger partial charge in [0, 0.05) is 19.2 Å². The van der Waals surface area contributed by atoms with Crippen molar-refractivity contribution in [2.75, 3.05) is 13.6 Å². The van der Waals surface area contributed by atoms with E-state index < -0.39 is 6.04 Å². The molecule has 3 rings (SSSR count). The number of rotatable bonds is 2. The van der Waals surface area contributed by atoms with Crippen LogP contribution in [0.3, 0.4) is 0 Å². The molecule has 0 fully saturated rings. The fourth-order valence-corrected chi connectivity index (χ4v) is 3.02. The molecule has 2 aliphatic rings. The molecule has 4 heteroatoms. The molecule has 1 atom stereocenters. The van der Waals surface area contributed by atoms with Crippen molar-refractivity contribution in [3.8, 4) is 0 Å². The van der Waals surface area contributed by atoms with Gasteiger partial charge in [-0.15, -0.1) is 0 Å². The lowest BCUT2D eigenvalue weighted by molar-refractivity contribution is 0.0655. The minimum Gasteiger partial charge on any atom is -0.387 e. The van der Waals surface area contributed by atoms with E-state index in [0.29, 0.717) is 23.6 Å². The molecule has 2 aliphatic heterocycles. The van der Waals surface area contributed by atoms with Crippen LogP contribution in [0.4, 0.5) is 0 Å². The highest BCUT2D eigenvalue weighted by atomic mass is 16.2. The minimum atomic E-state index is -0.512. The zero-order chi connectivity index (χ0) is 15.9. The number of allylic oxidation sites excluding steroid dienone is 2. The van der Waals surface area contributed by atoms with Crippen molar-refractivity contribution >= 4 is 11.7 Å². The third-order valence-electron chi connectivity index (χ3n) is 4.34. The van der Waals surface area contributed by atoms with Crippen LogP contribution in [0.5, 0.6) is 0 Å². The third kappa shape index (κ3) is 2.25. The lowest BCUT2D eigenvalue weighted by atomic mass is 9.85. The molecule has 1 aromatic carbocycles. The monoisotopic (exact) mass is 296 g/mol. The summed E-state index contributed by atoms with van der Waals surface area (Å²) in [6.45, 7) is 4.74. The molecule has 114 valence electrons. The Labute approximate surface area is 130 Å². The molecule has 1 unspecified atom stereocenters. The zero-order valence-electron chi connectivity index (χ0n) is 13.1. The van der Waals surface area contributed by atoms with Crippen LogP contribution in [0, 0.1) is 0 Å². The number of fused-ring (bicyclic) bond motifs is 1. The fourth-order valence-electron chi connectivity index (χ4n) is 3.02. The Balaban J connectivity index is 2.07. The van der Waals surface area contributed by atoms with Gasteiger partial charge in [0.2, 0.25) is 0 Å². The van der Waals surface area contributed by atoms with E-state index in [2.05, 4.69) is 19.2 Å². The summed E-state index contributed by atoms with van der Waals surface area (Å²) in [5.74, 6) is 0.236. The van der Waals surface area contributed by atoms with Gasteiger partial charge in [-0.05, 0) is 35.4 Å². The molecule has 0 aromatic heterocycles. The number of carbonyl (C=O) groups excluding carboxylic acids is 2. The van der Waals surface area contributed by atoms with E-state index in [0.717, 1.165) is 11.1 Å². The number of benzene rings is 1. The van der Waals surface area contributed by atoms with Gasteiger partial charge < -0.3 is 10.2 Å². The number of Topliss-reactive ketones (excluding diaryl/α,β-unsaturated/α-hetero) is 1. The van der Waals surface area contributed by atoms with Gasteiger partial charge in [0.25, 0.3) is 5.91 Å². The van der Waals surface area contributed by atoms with Crippen LogP contribution < -0.4 is 5.32 Å². The zero-order valence-corrected chi connectivity index (χ0v) is 13.1. The topological polar surface area (TPSA) is 49.4 Å². The van der Waals surface area contributed by atoms with E-state index >= 15 is 0 Å². The standard InChI is InChI=1S/C18H20N2O2/c1-11(2)12-6-7-14-15(9-12)18(22)20(3)16(17(14)21)13-5-4-8-19-10-13/h4-9,11,16,19H,10H2,1-3H3. The van der Waals surface area contributed by atoms with Gasteiger partial charge in [-0.25, -0.2) is 0 Å². The molecule has 22 heavy (non-hydrogen) atoms. The number of likely N-dealkylation sites (N-methyl/N-ethyl adjacent to an activating group) is 1. The number of amides is 1. The average molecular weight is 296 g/mol. The molecule has 1 amide bonds. The number of dihydropyridines is 1. The number of carbonyl (C=O) groups is 2. The number of nitrogens with one attached hydrogen (secondary N) is 1. The predicted octanol–water partition coefficient (Wildman–Crippen LogP) is 2.49. The molecule has 2 heterocycles. The Hall–Kier alpha value is -2.36. The smallest absolute Gasteiger partial charge is 0.255 e. The van der Waals surface area contributed by atoms with Crippen molar-refractivity contribution in [3.05, 3.63) is 58.8 Å². The Bertz CT molecular complexity index is 701. The minimum absolute atomic E-state index is 0.00393. The molecule has 0 saturated carbocycles. The molecule has 0 saturated heterocycles. The average Bonchev–Trinajstić information content (AvgIpc) is 2.53. The summed E-state index contributed by atoms with van der Waals surface area (Å²) in [7, 11) is 1.70. The summed E-state index contributed by atoms with van der Waals surface area (Å²) < 4.78 is 0. The normalized spacial score (nSPS) is 20.8. The van der Waals surface area contributed by atoms with E-state index in [-0.39, 0.29) is 11.7 Å². The number of nitrogens with zero attached hydrogens (tertiary/aromatic N) is 1. The van der Waals surface area contributed by atoms with Crippen LogP contribution in [0.25, 0.3) is 0 Å². The lowest BCUT2D eigenvalue weighted by Crippen LogP contribution is -2.49. The summed E-state index contributed by atoms with van der Waals surface area (Å²) in [4.78, 5) is 27.1. The molecule has 4 nitrogen and oxygen atoms in total. The highest BCUT2D eigenvalue weighted by Crippen LogP contribution is 2.29. The number of hydrogen-bond acceptors (Lipinski definition) is 3. The molecule has 0 bridgehead atoms. The summed E-state index contributed by atoms with van der Waals surface area (Å²) in [5, 5.41) is 3.10. The van der Waals surface area contributed by atoms with Gasteiger partial charge in [0.15, 0.2) is 5.78 Å². The van der Waals surface area contributed by atoms with Crippen LogP contribution in [0.1, 0.15) is 46.0 Å². The molecular formula is C18H20N2O2. The Morgan fingerprint density at radius 2 is 2.00 bits per heavy atom. The van der Waals surface area contributed by atoms with Crippen molar-refractivity contribution in [2.45, 2.75) is 25.8 Å². The third-order valence-corrected chi connectivity index (χ3v) is 4.34. The second kappa shape index (κ2) is 5.44. The maximum atomic E-state index is 12.9. The summed E-state index contributed by atoms with van der Waals surface area (Å²) in [6.07, 6.45) is 5.61. The highest BCUT2D eigenvalue weighted by Gasteiger charge is 2.38. The van der Waals surface area contributed by atoms with Crippen LogP contribution in [0.15, 0.2) is 42.1 Å². The Morgan fingerprint density at radius 1 is 1.23 bits per heavy atom. The van der Waals surface area contributed by atoms with Gasteiger partial charge in [-0.2, -0.15) is 0 Å². The predicted molar refractivity (Wildman–Crippen MR) is 86.0 cm³/mol. The van der Waals surface area contributed by atoms with Crippen LogP contribution >= 0.6 is 0 Å². The van der Waals surface area contributed by atoms with E-state index in [1.165, 1.54) is 0 Å². The molecular weight excluding hydrogens is 276 g/mol. The van der Waals surface area contributed by atoms with Crippen LogP contribution in [0.2, 0.25) is 0 Å². The highest BCUT2D eigenvalue weighted by molar-refractivity contribution is 6.16. The first-order valence-electron chi connectivity index (χ1n) is 7.55. The first kappa shape index (κ1) is 14.6. The van der Waals surface area contributed by atoms with Crippen molar-refractivity contribution in [2.24, 2.45) is 0 Å². The largest absolute Gasteiger partial charge is 0.387 e. The van der Waals surface area contributed by atoms with Crippen molar-refractivity contribution in [1.82, 2.24) is 10.2 Å². The number of hydrogen-bond donors (Lipinski definition) is 1. The van der Waals surface area contributed by atoms with Gasteiger partial charge in [-0.3, -0.25) is 9.59 Å². The molecule has 0 spiro atoms. The van der Waals surface area contributed by atoms with Crippen LogP contribution in [-0.4, -0.2) is 36.2 Å². The maximum Gasteiger partial charge on any atom is 0.255 e. The van der Waals surface area contributed by atoms with Gasteiger partial charge in [-0.1, -0.05) is 32.1 Å². The van der Waals surface area contributed by atoms with E-state index in [9.17, 15) is 9.59 Å². The molecule has 0 aliphatic carbocycles. The second-order valence-electron chi connectivity index (χ2n) is 6.12. The molecule has 0 radical (unpaired) electrons. The quantitative estimate of drug-likeness (QED) is 0.912. The van der Waals surface area contributed by atoms with Gasteiger partial charge >= 0.3 is 0 Å². The van der Waals surface area contributed by atoms with E-state index in [4.69, 9.17) is 0 Å². The fraction of sp³-hybridized carbons (Fsp3) is 0.333. The van der Waals surface area contributed by atoms with Crippen molar-refractivity contribution < 1.29 is 9.59 Å². The summed E-state index contributed by atoms with van der Waals surface area (Å²) >= 11 is 0. The summed E-state index contributed by atoms with van der Waals surface area (Å²) in [6, 6.07) is 5.10. The number of ketones is 1. The van der Waals surface area contributed by atoms with Gasteiger partial charge in [0.1, 0.15) is 6.04 Å². The summed E-state index contributed by atoms with van der Waals surface area (Å²) in [5.41, 5.74) is 3.05. The van der Waals surface area contributed by atoms with E-state index in [1.54, 1.807) is 18.0 Å². The first-order valence-corrected chi connectivity index (χ1v) is 7.55. The van der Waals surface area contributed by atoms with Crippen molar-refractivity contribution in [3.63, 3.8) is 0 Å². The lowest BCUT2D eigenvalue weighted by Gasteiger charge is -2.35. The Morgan fingerprint density at radius 3 is 2.64 bits per heavy atom. The Kier molecular flexibility index (Phi) is 3.61. The molecule has 1 aromatic rings. The van der Waals surface area contributed by atoms with Crippen molar-refractivity contribution in [1.29, 1.82) is 0 Å². The van der Waals surface area contributed by atoms with E-state index in [1.807, 2.05) is 30.5 Å². The van der Waals surface area contributed by atoms with Crippen LogP contribution in [-0.2, 0) is 0 Å². The maximum absolute atomic E-state index is 12.9. The second-order valence-corrected chi connectivity index (χ2v) is 6.12. The SMILES string of the molecule is CC(C)c1ccc2c(c1)C(=O)N(C)C(C1=CC=CNC1)C2=O. The first-order chi connectivity index (χ1) is 10.5. The van der Waals surface area contributed by atoms with Gasteiger partial charge in [0.05, 0.1) is 5.56 Å².